The number of likely N-dealkylation sites (N-methyl/N-ethyl adjacent to an activating group) is 1. The van der Waals surface area contributed by atoms with Gasteiger partial charge in [-0.25, -0.2) is 4.79 Å². The third-order valence-corrected chi connectivity index (χ3v) is 6.54. The fourth-order valence-corrected chi connectivity index (χ4v) is 4.33. The van der Waals surface area contributed by atoms with E-state index < -0.39 is 22.7 Å². The van der Waals surface area contributed by atoms with E-state index in [-0.39, 0.29) is 12.0 Å². The smallest absolute Gasteiger partial charge is 0.416 e. The first-order valence-electron chi connectivity index (χ1n) is 11.3. The average molecular weight is 493 g/mol. The number of nitrogens with zero attached hydrogens (tertiary/aromatic N) is 1. The summed E-state index contributed by atoms with van der Waals surface area (Å²) in [6.07, 6.45) is -2.99. The molecule has 0 spiro atoms. The van der Waals surface area contributed by atoms with Crippen molar-refractivity contribution in [2.75, 3.05) is 27.3 Å². The van der Waals surface area contributed by atoms with Gasteiger partial charge in [0.1, 0.15) is 5.75 Å². The number of carbonyl (C=O) groups excluding carboxylic acids is 2. The molecule has 1 aliphatic rings. The summed E-state index contributed by atoms with van der Waals surface area (Å²) >= 11 is 0. The summed E-state index contributed by atoms with van der Waals surface area (Å²) in [5.74, 6) is 0.370. The van der Waals surface area contributed by atoms with Crippen molar-refractivity contribution in [3.8, 4) is 5.75 Å². The number of alkyl halides is 3. The van der Waals surface area contributed by atoms with Crippen molar-refractivity contribution in [1.82, 2.24) is 10.2 Å². The second-order valence-electron chi connectivity index (χ2n) is 9.61. The number of nitrogens with one attached hydrogen (secondary N) is 1. The summed E-state index contributed by atoms with van der Waals surface area (Å²) < 4.78 is 49.5. The minimum absolute atomic E-state index is 0.227. The zero-order valence-corrected chi connectivity index (χ0v) is 20.4. The molecule has 1 unspecified atom stereocenters. The molecule has 0 aliphatic carbocycles. The Bertz CT molecular complexity index is 1040. The van der Waals surface area contributed by atoms with Gasteiger partial charge in [0.25, 0.3) is 0 Å². The quantitative estimate of drug-likeness (QED) is 0.508. The summed E-state index contributed by atoms with van der Waals surface area (Å²) in [4.78, 5) is 25.7. The number of benzene rings is 2. The molecule has 0 radical (unpaired) electrons. The Balaban J connectivity index is 1.64. The average Bonchev–Trinajstić information content (AvgIpc) is 3.08. The number of hydrogen-bond donors (Lipinski definition) is 1. The van der Waals surface area contributed by atoms with E-state index in [4.69, 9.17) is 9.47 Å². The fourth-order valence-electron chi connectivity index (χ4n) is 4.33. The standard InChI is InChI=1S/C26H31F3N2O4/c1-24(2,22(32)34-4)15-18-7-11-21(12-8-18)35-14-13-25(17-30-23(33)31(25)3)16-19-5-9-20(10-6-19)26(27,28)29/h5-12H,13-17H2,1-4H3,(H,30,33). The van der Waals surface area contributed by atoms with Crippen LogP contribution in [0.1, 0.15) is 37.0 Å². The lowest BCUT2D eigenvalue weighted by molar-refractivity contribution is -0.150. The Kier molecular flexibility index (Phi) is 7.67. The summed E-state index contributed by atoms with van der Waals surface area (Å²) in [6.45, 7) is 4.33. The van der Waals surface area contributed by atoms with Crippen molar-refractivity contribution in [1.29, 1.82) is 0 Å². The molecule has 1 N–H and O–H groups in total. The van der Waals surface area contributed by atoms with Crippen molar-refractivity contribution in [2.24, 2.45) is 5.41 Å². The van der Waals surface area contributed by atoms with Crippen molar-refractivity contribution in [2.45, 2.75) is 44.8 Å². The number of methoxy groups -OCH3 is 1. The van der Waals surface area contributed by atoms with Crippen LogP contribution in [0.4, 0.5) is 18.0 Å². The lowest BCUT2D eigenvalue weighted by atomic mass is 9.86. The Morgan fingerprint density at radius 3 is 2.17 bits per heavy atom. The monoisotopic (exact) mass is 492 g/mol. The third kappa shape index (κ3) is 6.26. The van der Waals surface area contributed by atoms with Gasteiger partial charge in [-0.15, -0.1) is 0 Å². The van der Waals surface area contributed by atoms with Crippen LogP contribution in [0.2, 0.25) is 0 Å². The van der Waals surface area contributed by atoms with E-state index in [1.807, 2.05) is 38.1 Å². The molecule has 1 heterocycles. The molecular weight excluding hydrogens is 461 g/mol. The molecule has 190 valence electrons. The van der Waals surface area contributed by atoms with Crippen LogP contribution >= 0.6 is 0 Å². The van der Waals surface area contributed by atoms with Gasteiger partial charge in [0.2, 0.25) is 0 Å². The van der Waals surface area contributed by atoms with E-state index in [9.17, 15) is 22.8 Å². The lowest BCUT2D eigenvalue weighted by Gasteiger charge is -2.35. The van der Waals surface area contributed by atoms with Crippen LogP contribution in [0.25, 0.3) is 0 Å². The molecule has 2 amide bonds. The molecule has 0 saturated carbocycles. The Labute approximate surface area is 203 Å². The normalized spacial score (nSPS) is 18.4. The summed E-state index contributed by atoms with van der Waals surface area (Å²) in [5.41, 5.74) is -0.294. The van der Waals surface area contributed by atoms with E-state index in [2.05, 4.69) is 5.32 Å². The summed E-state index contributed by atoms with van der Waals surface area (Å²) in [6, 6.07) is 12.2. The number of hydrogen-bond acceptors (Lipinski definition) is 4. The lowest BCUT2D eigenvalue weighted by Crippen LogP contribution is -2.48. The van der Waals surface area contributed by atoms with Gasteiger partial charge in [-0.05, 0) is 62.1 Å². The molecule has 3 rings (SSSR count). The highest BCUT2D eigenvalue weighted by atomic mass is 19.4. The van der Waals surface area contributed by atoms with Crippen molar-refractivity contribution >= 4 is 12.0 Å². The maximum absolute atomic E-state index is 12.9. The van der Waals surface area contributed by atoms with Crippen LogP contribution in [0.5, 0.6) is 5.75 Å². The Morgan fingerprint density at radius 2 is 1.66 bits per heavy atom. The largest absolute Gasteiger partial charge is 0.494 e. The summed E-state index contributed by atoms with van der Waals surface area (Å²) in [5, 5.41) is 2.82. The number of amides is 2. The van der Waals surface area contributed by atoms with Gasteiger partial charge in [0, 0.05) is 20.0 Å². The van der Waals surface area contributed by atoms with Gasteiger partial charge in [0.05, 0.1) is 30.2 Å². The zero-order chi connectivity index (χ0) is 25.9. The van der Waals surface area contributed by atoms with Crippen LogP contribution in [0.15, 0.2) is 48.5 Å². The van der Waals surface area contributed by atoms with Crippen molar-refractivity contribution in [3.05, 3.63) is 65.2 Å². The second kappa shape index (κ2) is 10.2. The van der Waals surface area contributed by atoms with Crippen LogP contribution in [-0.4, -0.2) is 49.7 Å². The molecule has 1 aliphatic heterocycles. The number of ether oxygens (including phenoxy) is 2. The first kappa shape index (κ1) is 26.4. The van der Waals surface area contributed by atoms with Gasteiger partial charge in [-0.1, -0.05) is 24.3 Å². The molecule has 9 heteroatoms. The maximum atomic E-state index is 12.9. The van der Waals surface area contributed by atoms with Gasteiger partial charge in [-0.2, -0.15) is 13.2 Å². The third-order valence-electron chi connectivity index (χ3n) is 6.54. The Hall–Kier alpha value is -3.23. The number of esters is 1. The first-order chi connectivity index (χ1) is 16.4. The molecule has 1 fully saturated rings. The predicted octanol–water partition coefficient (Wildman–Crippen LogP) is 4.85. The van der Waals surface area contributed by atoms with E-state index in [1.165, 1.54) is 19.2 Å². The number of urea groups is 1. The number of halogens is 3. The van der Waals surface area contributed by atoms with Crippen LogP contribution in [0, 0.1) is 5.41 Å². The van der Waals surface area contributed by atoms with E-state index >= 15 is 0 Å². The maximum Gasteiger partial charge on any atom is 0.416 e. The molecule has 0 bridgehead atoms. The van der Waals surface area contributed by atoms with Gasteiger partial charge < -0.3 is 19.7 Å². The topological polar surface area (TPSA) is 67.9 Å². The molecular formula is C26H31F3N2O4. The first-order valence-corrected chi connectivity index (χ1v) is 11.3. The van der Waals surface area contributed by atoms with E-state index in [0.717, 1.165) is 17.7 Å². The van der Waals surface area contributed by atoms with Crippen LogP contribution in [0.3, 0.4) is 0 Å². The second-order valence-corrected chi connectivity index (χ2v) is 9.61. The van der Waals surface area contributed by atoms with Gasteiger partial charge >= 0.3 is 18.2 Å². The molecule has 2 aromatic rings. The zero-order valence-electron chi connectivity index (χ0n) is 20.4. The molecule has 0 aromatic heterocycles. The Morgan fingerprint density at radius 1 is 1.06 bits per heavy atom. The highest BCUT2D eigenvalue weighted by molar-refractivity contribution is 5.77. The van der Waals surface area contributed by atoms with E-state index in [0.29, 0.717) is 43.7 Å². The molecule has 6 nitrogen and oxygen atoms in total. The molecule has 35 heavy (non-hydrogen) atoms. The minimum atomic E-state index is -4.39. The highest BCUT2D eigenvalue weighted by Gasteiger charge is 2.43. The van der Waals surface area contributed by atoms with Gasteiger partial charge in [0.15, 0.2) is 0 Å². The number of rotatable bonds is 9. The fraction of sp³-hybridized carbons (Fsp3) is 0.462. The highest BCUT2D eigenvalue weighted by Crippen LogP contribution is 2.32. The summed E-state index contributed by atoms with van der Waals surface area (Å²) in [7, 11) is 3.06. The minimum Gasteiger partial charge on any atom is -0.494 e. The van der Waals surface area contributed by atoms with Crippen molar-refractivity contribution in [3.63, 3.8) is 0 Å². The predicted molar refractivity (Wildman–Crippen MR) is 125 cm³/mol. The molecule has 2 aromatic carbocycles. The molecule has 1 saturated heterocycles. The number of carbonyl (C=O) groups is 2. The van der Waals surface area contributed by atoms with Crippen molar-refractivity contribution < 1.29 is 32.2 Å². The SMILES string of the molecule is COC(=O)C(C)(C)Cc1ccc(OCCC2(Cc3ccc(C(F)(F)F)cc3)CNC(=O)N2C)cc1. The van der Waals surface area contributed by atoms with Crippen LogP contribution in [-0.2, 0) is 28.5 Å². The van der Waals surface area contributed by atoms with Crippen LogP contribution < -0.4 is 10.1 Å². The van der Waals surface area contributed by atoms with E-state index in [1.54, 1.807) is 11.9 Å². The van der Waals surface area contributed by atoms with Gasteiger partial charge in [-0.3, -0.25) is 4.79 Å². The molecule has 1 atom stereocenters.